The van der Waals surface area contributed by atoms with Crippen LogP contribution in [0.25, 0.3) is 0 Å². The first-order valence-corrected chi connectivity index (χ1v) is 6.93. The third kappa shape index (κ3) is 4.34. The maximum absolute atomic E-state index is 12.5. The van der Waals surface area contributed by atoms with Crippen molar-refractivity contribution in [1.29, 1.82) is 0 Å². The van der Waals surface area contributed by atoms with E-state index >= 15 is 0 Å². The van der Waals surface area contributed by atoms with E-state index in [-0.39, 0.29) is 6.07 Å². The van der Waals surface area contributed by atoms with Crippen molar-refractivity contribution in [3.63, 3.8) is 0 Å². The topological polar surface area (TPSA) is 113 Å². The molecule has 0 atom stereocenters. The van der Waals surface area contributed by atoms with Gasteiger partial charge in [-0.3, -0.25) is 14.7 Å². The summed E-state index contributed by atoms with van der Waals surface area (Å²) in [5.41, 5.74) is -2.92. The first kappa shape index (κ1) is 16.7. The van der Waals surface area contributed by atoms with Gasteiger partial charge < -0.3 is 15.1 Å². The molecule has 3 N–H and O–H groups in total. The van der Waals surface area contributed by atoms with Crippen LogP contribution < -0.4 is 5.32 Å². The second-order valence-corrected chi connectivity index (χ2v) is 5.66. The van der Waals surface area contributed by atoms with Crippen LogP contribution in [0.2, 0.25) is 5.02 Å². The molecular weight excluding hydrogens is 328 g/mol. The molecule has 0 bridgehead atoms. The van der Waals surface area contributed by atoms with E-state index in [1.54, 1.807) is 0 Å². The minimum atomic E-state index is -4.89. The second kappa shape index (κ2) is 5.57. The zero-order valence-corrected chi connectivity index (χ0v) is 11.0. The molecule has 0 heterocycles. The van der Waals surface area contributed by atoms with Gasteiger partial charge in [0.1, 0.15) is 12.0 Å². The lowest BCUT2D eigenvalue weighted by atomic mass is 10.1. The number of benzene rings is 1. The molecular formula is C8H7ClF3N2O5P. The molecule has 0 fully saturated rings. The number of hydrogen-bond donors (Lipinski definition) is 3. The van der Waals surface area contributed by atoms with Gasteiger partial charge in [0.25, 0.3) is 5.69 Å². The summed E-state index contributed by atoms with van der Waals surface area (Å²) in [6, 6.07) is 0.794. The van der Waals surface area contributed by atoms with Crippen molar-refractivity contribution in [2.45, 2.75) is 6.18 Å². The second-order valence-electron chi connectivity index (χ2n) is 3.60. The largest absolute Gasteiger partial charge is 0.418 e. The molecule has 1 aromatic carbocycles. The van der Waals surface area contributed by atoms with Crippen molar-refractivity contribution in [3.05, 3.63) is 32.8 Å². The first-order chi connectivity index (χ1) is 8.92. The Bertz CT molecular complexity index is 588. The Balaban J connectivity index is 3.29. The molecule has 0 amide bonds. The smallest absolute Gasteiger partial charge is 0.368 e. The summed E-state index contributed by atoms with van der Waals surface area (Å²) in [7, 11) is -4.54. The minimum Gasteiger partial charge on any atom is -0.368 e. The van der Waals surface area contributed by atoms with Crippen molar-refractivity contribution in [2.75, 3.05) is 11.6 Å². The van der Waals surface area contributed by atoms with Crippen LogP contribution in [0.4, 0.5) is 24.5 Å². The Morgan fingerprint density at radius 1 is 1.40 bits per heavy atom. The molecule has 7 nitrogen and oxygen atoms in total. The third-order valence-electron chi connectivity index (χ3n) is 2.06. The molecule has 0 spiro atoms. The van der Waals surface area contributed by atoms with E-state index in [2.05, 4.69) is 0 Å². The fourth-order valence-corrected chi connectivity index (χ4v) is 1.91. The van der Waals surface area contributed by atoms with Gasteiger partial charge in [0.15, 0.2) is 0 Å². The van der Waals surface area contributed by atoms with Gasteiger partial charge in [-0.1, -0.05) is 11.6 Å². The molecule has 0 aromatic heterocycles. The molecule has 0 unspecified atom stereocenters. The van der Waals surface area contributed by atoms with Crippen LogP contribution >= 0.6 is 19.2 Å². The summed E-state index contributed by atoms with van der Waals surface area (Å²) in [5.74, 6) is 0. The number of nitro groups is 1. The van der Waals surface area contributed by atoms with Crippen molar-refractivity contribution >= 4 is 30.6 Å². The average molecular weight is 335 g/mol. The molecule has 0 radical (unpaired) electrons. The lowest BCUT2D eigenvalue weighted by molar-refractivity contribution is -0.384. The van der Waals surface area contributed by atoms with Crippen molar-refractivity contribution < 1.29 is 32.4 Å². The number of nitrogens with zero attached hydrogens (tertiary/aromatic N) is 1. The highest BCUT2D eigenvalue weighted by Gasteiger charge is 2.36. The molecule has 0 aliphatic rings. The van der Waals surface area contributed by atoms with Crippen LogP contribution in [0.15, 0.2) is 12.1 Å². The highest BCUT2D eigenvalue weighted by molar-refractivity contribution is 7.51. The lowest BCUT2D eigenvalue weighted by Crippen LogP contribution is -2.10. The van der Waals surface area contributed by atoms with Crippen LogP contribution in [0.5, 0.6) is 0 Å². The fraction of sp³-hybridized carbons (Fsp3) is 0.250. The minimum absolute atomic E-state index is 0.199. The first-order valence-electron chi connectivity index (χ1n) is 4.75. The van der Waals surface area contributed by atoms with Gasteiger partial charge in [0.05, 0.1) is 15.5 Å². The summed E-state index contributed by atoms with van der Waals surface area (Å²) in [4.78, 5) is 26.8. The molecule has 12 heteroatoms. The van der Waals surface area contributed by atoms with E-state index in [1.807, 2.05) is 5.32 Å². The Hall–Kier alpha value is -1.35. The van der Waals surface area contributed by atoms with Crippen LogP contribution in [-0.4, -0.2) is 21.0 Å². The molecule has 112 valence electrons. The normalized spacial score (nSPS) is 12.3. The molecule has 1 rings (SSSR count). The van der Waals surface area contributed by atoms with Gasteiger partial charge >= 0.3 is 13.8 Å². The summed E-state index contributed by atoms with van der Waals surface area (Å²) in [6.07, 6.45) is -5.86. The van der Waals surface area contributed by atoms with Gasteiger partial charge in [-0.15, -0.1) is 0 Å². The van der Waals surface area contributed by atoms with Crippen LogP contribution in [0.3, 0.4) is 0 Å². The SMILES string of the molecule is O=[N+]([O-])c1cc(C(F)(F)F)c(Cl)cc1NCP(=O)(O)O. The predicted octanol–water partition coefficient (Wildman–Crippen LogP) is 2.81. The number of hydrogen-bond acceptors (Lipinski definition) is 4. The number of anilines is 1. The van der Waals surface area contributed by atoms with Crippen LogP contribution in [-0.2, 0) is 10.7 Å². The number of alkyl halides is 3. The zero-order valence-electron chi connectivity index (χ0n) is 9.39. The zero-order chi connectivity index (χ0) is 15.7. The van der Waals surface area contributed by atoms with Crippen molar-refractivity contribution in [3.8, 4) is 0 Å². The van der Waals surface area contributed by atoms with Gasteiger partial charge in [-0.2, -0.15) is 13.2 Å². The number of nitro benzene ring substituents is 1. The summed E-state index contributed by atoms with van der Waals surface area (Å²) < 4.78 is 48.3. The highest BCUT2D eigenvalue weighted by Crippen LogP contribution is 2.41. The van der Waals surface area contributed by atoms with Crippen LogP contribution in [0.1, 0.15) is 5.56 Å². The van der Waals surface area contributed by atoms with Gasteiger partial charge in [0.2, 0.25) is 0 Å². The standard InChI is InChI=1S/C8H7ClF3N2O5P/c9-5-2-6(13-3-20(17,18)19)7(14(15)16)1-4(5)8(10,11)12/h1-2,13H,3H2,(H2,17,18,19). The number of nitrogens with one attached hydrogen (secondary N) is 1. The monoisotopic (exact) mass is 334 g/mol. The molecule has 0 saturated heterocycles. The van der Waals surface area contributed by atoms with E-state index in [0.29, 0.717) is 6.07 Å². The third-order valence-corrected chi connectivity index (χ3v) is 2.95. The Labute approximate surface area is 114 Å². The van der Waals surface area contributed by atoms with Crippen molar-refractivity contribution in [1.82, 2.24) is 0 Å². The lowest BCUT2D eigenvalue weighted by Gasteiger charge is -2.12. The summed E-state index contributed by atoms with van der Waals surface area (Å²) >= 11 is 5.36. The fourth-order valence-electron chi connectivity index (χ4n) is 1.26. The maximum Gasteiger partial charge on any atom is 0.418 e. The van der Waals surface area contributed by atoms with Gasteiger partial charge in [-0.05, 0) is 6.07 Å². The summed E-state index contributed by atoms with van der Waals surface area (Å²) in [6.45, 7) is 0. The van der Waals surface area contributed by atoms with E-state index in [1.165, 1.54) is 0 Å². The average Bonchev–Trinajstić information content (AvgIpc) is 2.23. The van der Waals surface area contributed by atoms with E-state index < -0.39 is 46.9 Å². The maximum atomic E-state index is 12.5. The van der Waals surface area contributed by atoms with Crippen molar-refractivity contribution in [2.24, 2.45) is 0 Å². The number of halogens is 4. The Kier molecular flexibility index (Phi) is 4.65. The van der Waals surface area contributed by atoms with Gasteiger partial charge in [0, 0.05) is 6.07 Å². The molecule has 0 saturated carbocycles. The van der Waals surface area contributed by atoms with Crippen LogP contribution in [0, 0.1) is 10.1 Å². The molecule has 0 aliphatic heterocycles. The number of rotatable bonds is 4. The van der Waals surface area contributed by atoms with E-state index in [0.717, 1.165) is 0 Å². The Morgan fingerprint density at radius 3 is 2.35 bits per heavy atom. The van der Waals surface area contributed by atoms with E-state index in [4.69, 9.17) is 21.4 Å². The predicted molar refractivity (Wildman–Crippen MR) is 63.6 cm³/mol. The quantitative estimate of drug-likeness (QED) is 0.443. The molecule has 20 heavy (non-hydrogen) atoms. The summed E-state index contributed by atoms with van der Waals surface area (Å²) in [5, 5.41) is 11.9. The Morgan fingerprint density at radius 2 is 1.95 bits per heavy atom. The highest BCUT2D eigenvalue weighted by atomic mass is 35.5. The molecule has 0 aliphatic carbocycles. The molecule has 1 aromatic rings. The van der Waals surface area contributed by atoms with E-state index in [9.17, 15) is 27.9 Å². The van der Waals surface area contributed by atoms with Gasteiger partial charge in [-0.25, -0.2) is 0 Å².